The SMILES string of the molecule is N#Cc1cccc(NC(=O)N2CCNCC2C(=O)O)c1. The van der Waals surface area contributed by atoms with E-state index in [1.54, 1.807) is 18.2 Å². The number of amides is 2. The van der Waals surface area contributed by atoms with Crippen LogP contribution in [0.2, 0.25) is 0 Å². The Morgan fingerprint density at radius 3 is 3.00 bits per heavy atom. The predicted molar refractivity (Wildman–Crippen MR) is 71.2 cm³/mol. The number of carbonyl (C=O) groups excluding carboxylic acids is 1. The molecule has 0 spiro atoms. The smallest absolute Gasteiger partial charge is 0.327 e. The van der Waals surface area contributed by atoms with Crippen molar-refractivity contribution >= 4 is 17.7 Å². The third kappa shape index (κ3) is 3.05. The van der Waals surface area contributed by atoms with Crippen molar-refractivity contribution in [2.45, 2.75) is 6.04 Å². The zero-order chi connectivity index (χ0) is 14.5. The van der Waals surface area contributed by atoms with Gasteiger partial charge in [0.05, 0.1) is 11.6 Å². The zero-order valence-corrected chi connectivity index (χ0v) is 10.7. The van der Waals surface area contributed by atoms with E-state index in [4.69, 9.17) is 10.4 Å². The van der Waals surface area contributed by atoms with Crippen LogP contribution in [-0.4, -0.2) is 47.7 Å². The van der Waals surface area contributed by atoms with Crippen LogP contribution in [0.1, 0.15) is 5.56 Å². The molecular formula is C13H14N4O3. The first kappa shape index (κ1) is 13.8. The third-order valence-corrected chi connectivity index (χ3v) is 3.03. The molecule has 20 heavy (non-hydrogen) atoms. The summed E-state index contributed by atoms with van der Waals surface area (Å²) in [5.74, 6) is -1.04. The molecular weight excluding hydrogens is 260 g/mol. The molecule has 0 aliphatic carbocycles. The first-order valence-electron chi connectivity index (χ1n) is 6.13. The molecule has 1 aromatic carbocycles. The summed E-state index contributed by atoms with van der Waals surface area (Å²) in [5.41, 5.74) is 0.898. The fourth-order valence-corrected chi connectivity index (χ4v) is 2.03. The lowest BCUT2D eigenvalue weighted by Gasteiger charge is -2.33. The molecule has 7 nitrogen and oxygen atoms in total. The van der Waals surface area contributed by atoms with Gasteiger partial charge in [-0.15, -0.1) is 0 Å². The lowest BCUT2D eigenvalue weighted by atomic mass is 10.2. The van der Waals surface area contributed by atoms with E-state index in [2.05, 4.69) is 10.6 Å². The Labute approximate surface area is 115 Å². The maximum Gasteiger partial charge on any atom is 0.327 e. The summed E-state index contributed by atoms with van der Waals surface area (Å²) < 4.78 is 0. The molecule has 2 rings (SSSR count). The van der Waals surface area contributed by atoms with Gasteiger partial charge in [-0.2, -0.15) is 5.26 Å². The van der Waals surface area contributed by atoms with Crippen molar-refractivity contribution in [2.75, 3.05) is 25.0 Å². The summed E-state index contributed by atoms with van der Waals surface area (Å²) in [5, 5.41) is 23.5. The summed E-state index contributed by atoms with van der Waals surface area (Å²) in [6.45, 7) is 1.09. The molecule has 1 saturated heterocycles. The molecule has 0 saturated carbocycles. The van der Waals surface area contributed by atoms with Gasteiger partial charge >= 0.3 is 12.0 Å². The van der Waals surface area contributed by atoms with Crippen LogP contribution in [0.15, 0.2) is 24.3 Å². The Hall–Kier alpha value is -2.59. The normalized spacial score (nSPS) is 18.1. The minimum absolute atomic E-state index is 0.223. The van der Waals surface area contributed by atoms with Crippen molar-refractivity contribution in [3.63, 3.8) is 0 Å². The summed E-state index contributed by atoms with van der Waals surface area (Å²) >= 11 is 0. The maximum absolute atomic E-state index is 12.1. The molecule has 1 aliphatic heterocycles. The van der Waals surface area contributed by atoms with Gasteiger partial charge in [0.25, 0.3) is 0 Å². The molecule has 1 fully saturated rings. The van der Waals surface area contributed by atoms with E-state index in [9.17, 15) is 9.59 Å². The standard InChI is InChI=1S/C13H14N4O3/c14-7-9-2-1-3-10(6-9)16-13(20)17-5-4-15-8-11(17)12(18)19/h1-3,6,11,15H,4-5,8H2,(H,16,20)(H,18,19). The Morgan fingerprint density at radius 1 is 1.50 bits per heavy atom. The number of urea groups is 1. The highest BCUT2D eigenvalue weighted by Crippen LogP contribution is 2.12. The van der Waals surface area contributed by atoms with Gasteiger partial charge in [-0.1, -0.05) is 6.07 Å². The summed E-state index contributed by atoms with van der Waals surface area (Å²) in [6, 6.07) is 7.08. The largest absolute Gasteiger partial charge is 0.480 e. The van der Waals surface area contributed by atoms with E-state index in [1.807, 2.05) is 6.07 Å². The second-order valence-corrected chi connectivity index (χ2v) is 4.37. The van der Waals surface area contributed by atoms with Crippen molar-refractivity contribution in [1.29, 1.82) is 5.26 Å². The number of aliphatic carboxylic acids is 1. The van der Waals surface area contributed by atoms with Crippen LogP contribution >= 0.6 is 0 Å². The van der Waals surface area contributed by atoms with Crippen LogP contribution in [0.3, 0.4) is 0 Å². The van der Waals surface area contributed by atoms with Gasteiger partial charge in [0.1, 0.15) is 6.04 Å². The minimum Gasteiger partial charge on any atom is -0.480 e. The number of nitriles is 1. The maximum atomic E-state index is 12.1. The lowest BCUT2D eigenvalue weighted by molar-refractivity contribution is -0.142. The number of carbonyl (C=O) groups is 2. The topological polar surface area (TPSA) is 105 Å². The predicted octanol–water partition coefficient (Wildman–Crippen LogP) is 0.449. The molecule has 3 N–H and O–H groups in total. The van der Waals surface area contributed by atoms with Gasteiger partial charge in [-0.25, -0.2) is 9.59 Å². The quantitative estimate of drug-likeness (QED) is 0.726. The molecule has 1 aliphatic rings. The number of rotatable bonds is 2. The minimum atomic E-state index is -1.04. The summed E-state index contributed by atoms with van der Waals surface area (Å²) in [4.78, 5) is 24.5. The molecule has 1 aromatic rings. The van der Waals surface area contributed by atoms with Crippen LogP contribution < -0.4 is 10.6 Å². The number of hydrogen-bond donors (Lipinski definition) is 3. The van der Waals surface area contributed by atoms with E-state index in [1.165, 1.54) is 11.0 Å². The monoisotopic (exact) mass is 274 g/mol. The average molecular weight is 274 g/mol. The van der Waals surface area contributed by atoms with Crippen molar-refractivity contribution in [3.8, 4) is 6.07 Å². The number of anilines is 1. The third-order valence-electron chi connectivity index (χ3n) is 3.03. The lowest BCUT2D eigenvalue weighted by Crippen LogP contribution is -2.58. The van der Waals surface area contributed by atoms with Gasteiger partial charge in [0.15, 0.2) is 0 Å². The van der Waals surface area contributed by atoms with E-state index < -0.39 is 18.0 Å². The van der Waals surface area contributed by atoms with E-state index in [0.717, 1.165) is 0 Å². The molecule has 1 heterocycles. The summed E-state index contributed by atoms with van der Waals surface area (Å²) in [7, 11) is 0. The fourth-order valence-electron chi connectivity index (χ4n) is 2.03. The van der Waals surface area contributed by atoms with Crippen LogP contribution in [-0.2, 0) is 4.79 Å². The van der Waals surface area contributed by atoms with Gasteiger partial charge in [0, 0.05) is 25.3 Å². The van der Waals surface area contributed by atoms with Crippen molar-refractivity contribution in [2.24, 2.45) is 0 Å². The van der Waals surface area contributed by atoms with Crippen LogP contribution in [0, 0.1) is 11.3 Å². The number of piperazine rings is 1. The average Bonchev–Trinajstić information content (AvgIpc) is 2.47. The number of carboxylic acid groups (broad SMARTS) is 1. The molecule has 2 amide bonds. The molecule has 7 heteroatoms. The summed E-state index contributed by atoms with van der Waals surface area (Å²) in [6.07, 6.45) is 0. The Balaban J connectivity index is 2.10. The Kier molecular flexibility index (Phi) is 4.17. The van der Waals surface area contributed by atoms with E-state index in [-0.39, 0.29) is 6.54 Å². The second-order valence-electron chi connectivity index (χ2n) is 4.37. The van der Waals surface area contributed by atoms with Gasteiger partial charge < -0.3 is 20.6 Å². The van der Waals surface area contributed by atoms with E-state index >= 15 is 0 Å². The van der Waals surface area contributed by atoms with Crippen LogP contribution in [0.25, 0.3) is 0 Å². The van der Waals surface area contributed by atoms with Gasteiger partial charge in [-0.3, -0.25) is 0 Å². The Bertz CT molecular complexity index is 567. The van der Waals surface area contributed by atoms with Crippen molar-refractivity contribution in [3.05, 3.63) is 29.8 Å². The molecule has 0 radical (unpaired) electrons. The molecule has 0 aromatic heterocycles. The number of hydrogen-bond acceptors (Lipinski definition) is 4. The number of nitrogens with zero attached hydrogens (tertiary/aromatic N) is 2. The zero-order valence-electron chi connectivity index (χ0n) is 10.7. The highest BCUT2D eigenvalue weighted by Gasteiger charge is 2.31. The second kappa shape index (κ2) is 6.04. The molecule has 1 atom stereocenters. The Morgan fingerprint density at radius 2 is 2.30 bits per heavy atom. The van der Waals surface area contributed by atoms with Gasteiger partial charge in [0.2, 0.25) is 0 Å². The number of nitrogens with one attached hydrogen (secondary N) is 2. The van der Waals surface area contributed by atoms with E-state index in [0.29, 0.717) is 24.3 Å². The van der Waals surface area contributed by atoms with Crippen molar-refractivity contribution in [1.82, 2.24) is 10.2 Å². The molecule has 1 unspecified atom stereocenters. The first-order valence-corrected chi connectivity index (χ1v) is 6.13. The number of benzene rings is 1. The van der Waals surface area contributed by atoms with Gasteiger partial charge in [-0.05, 0) is 18.2 Å². The van der Waals surface area contributed by atoms with Crippen molar-refractivity contribution < 1.29 is 14.7 Å². The highest BCUT2D eigenvalue weighted by molar-refractivity contribution is 5.92. The first-order chi connectivity index (χ1) is 9.61. The molecule has 0 bridgehead atoms. The fraction of sp³-hybridized carbons (Fsp3) is 0.308. The molecule has 104 valence electrons. The van der Waals surface area contributed by atoms with Crippen LogP contribution in [0.4, 0.5) is 10.5 Å². The highest BCUT2D eigenvalue weighted by atomic mass is 16.4. The van der Waals surface area contributed by atoms with Crippen LogP contribution in [0.5, 0.6) is 0 Å². The number of carboxylic acids is 1.